The number of nitrogens with zero attached hydrogens (tertiary/aromatic N) is 6. The zero-order chi connectivity index (χ0) is 40.5. The molecule has 1 aliphatic carbocycles. The van der Waals surface area contributed by atoms with Crippen molar-refractivity contribution in [2.24, 2.45) is 5.92 Å². The average Bonchev–Trinajstić information content (AvgIpc) is 3.59. The van der Waals surface area contributed by atoms with Gasteiger partial charge in [0.15, 0.2) is 0 Å². The predicted octanol–water partition coefficient (Wildman–Crippen LogP) is 5.52. The van der Waals surface area contributed by atoms with Crippen molar-refractivity contribution in [2.45, 2.75) is 82.6 Å². The molecule has 1 aromatic heterocycles. The molecule has 1 saturated carbocycles. The highest BCUT2D eigenvalue weighted by molar-refractivity contribution is 6.05. The number of carbonyl (C=O) groups excluding carboxylic acids is 3. The third-order valence-corrected chi connectivity index (χ3v) is 13.1. The van der Waals surface area contributed by atoms with Gasteiger partial charge in [-0.2, -0.15) is 5.26 Å². The summed E-state index contributed by atoms with van der Waals surface area (Å²) in [6.45, 7) is 7.50. The number of fused-ring (bicyclic) bond motifs is 2. The normalized spacial score (nSPS) is 23.0. The van der Waals surface area contributed by atoms with Gasteiger partial charge in [0, 0.05) is 94.2 Å². The van der Waals surface area contributed by atoms with Crippen LogP contribution in [0, 0.1) is 23.1 Å². The maximum atomic E-state index is 15.5. The van der Waals surface area contributed by atoms with Gasteiger partial charge in [-0.25, -0.2) is 4.39 Å². The molecular weight excluding hydrogens is 748 g/mol. The van der Waals surface area contributed by atoms with E-state index in [1.165, 1.54) is 0 Å². The van der Waals surface area contributed by atoms with Crippen LogP contribution in [0.25, 0.3) is 10.9 Å². The van der Waals surface area contributed by atoms with Crippen LogP contribution in [0.15, 0.2) is 66.9 Å². The van der Waals surface area contributed by atoms with Crippen molar-refractivity contribution < 1.29 is 23.5 Å². The van der Waals surface area contributed by atoms with Crippen LogP contribution in [0.4, 0.5) is 15.8 Å². The number of pyridine rings is 1. The van der Waals surface area contributed by atoms with Gasteiger partial charge in [-0.15, -0.1) is 0 Å². The fraction of sp³-hybridized carbons (Fsp3) is 0.457. The van der Waals surface area contributed by atoms with Crippen LogP contribution in [0.2, 0.25) is 0 Å². The fourth-order valence-corrected chi connectivity index (χ4v) is 9.75. The summed E-state index contributed by atoms with van der Waals surface area (Å²) in [6.07, 6.45) is 8.31. The number of piperidine rings is 2. The number of benzene rings is 3. The molecule has 3 aromatic carbocycles. The SMILES string of the molecule is N#Cc1ccc(OC2CCC(NCc3ccc(N4CCC(CN5CCN(c6ccc7c(c6)CN([C@H]6CCC(=O)NC6=O)C7=O)CC5)CC4)c(F)c3)CC2)c2cccnc12. The first kappa shape index (κ1) is 38.9. The number of aromatic nitrogens is 1. The molecule has 0 spiro atoms. The van der Waals surface area contributed by atoms with Crippen LogP contribution in [0.1, 0.15) is 78.4 Å². The smallest absolute Gasteiger partial charge is 0.255 e. The van der Waals surface area contributed by atoms with E-state index in [2.05, 4.69) is 48.5 Å². The van der Waals surface area contributed by atoms with Crippen LogP contribution in [-0.2, 0) is 22.7 Å². The second-order valence-electron chi connectivity index (χ2n) is 16.8. The highest BCUT2D eigenvalue weighted by Crippen LogP contribution is 2.33. The summed E-state index contributed by atoms with van der Waals surface area (Å²) >= 11 is 0. The molecule has 0 bridgehead atoms. The summed E-state index contributed by atoms with van der Waals surface area (Å²) in [5, 5.41) is 16.3. The summed E-state index contributed by atoms with van der Waals surface area (Å²) in [6, 6.07) is 21.1. The summed E-state index contributed by atoms with van der Waals surface area (Å²) in [4.78, 5) is 50.3. The molecule has 4 aromatic rings. The van der Waals surface area contributed by atoms with Crippen molar-refractivity contribution >= 4 is 40.0 Å². The minimum Gasteiger partial charge on any atom is -0.490 e. The second-order valence-corrected chi connectivity index (χ2v) is 16.8. The number of carbonyl (C=O) groups is 3. The summed E-state index contributed by atoms with van der Waals surface area (Å²) in [5.41, 5.74) is 5.55. The van der Waals surface area contributed by atoms with E-state index in [0.29, 0.717) is 53.8 Å². The molecule has 0 unspecified atom stereocenters. The van der Waals surface area contributed by atoms with Gasteiger partial charge >= 0.3 is 0 Å². The van der Waals surface area contributed by atoms with Crippen LogP contribution < -0.4 is 25.2 Å². The fourth-order valence-electron chi connectivity index (χ4n) is 9.75. The van der Waals surface area contributed by atoms with E-state index in [4.69, 9.17) is 4.74 Å². The lowest BCUT2D eigenvalue weighted by Crippen LogP contribution is -2.52. The molecule has 3 saturated heterocycles. The Morgan fingerprint density at radius 2 is 1.69 bits per heavy atom. The lowest BCUT2D eigenvalue weighted by atomic mass is 9.92. The van der Waals surface area contributed by atoms with Crippen molar-refractivity contribution in [3.63, 3.8) is 0 Å². The topological polar surface area (TPSA) is 134 Å². The molecule has 59 heavy (non-hydrogen) atoms. The Morgan fingerprint density at radius 1 is 0.881 bits per heavy atom. The Morgan fingerprint density at radius 3 is 2.46 bits per heavy atom. The molecule has 12 nitrogen and oxygen atoms in total. The van der Waals surface area contributed by atoms with Crippen LogP contribution in [-0.4, -0.2) is 96.5 Å². The van der Waals surface area contributed by atoms with E-state index in [0.717, 1.165) is 112 Å². The maximum absolute atomic E-state index is 15.5. The molecule has 4 fully saturated rings. The average molecular weight is 799 g/mol. The Bertz CT molecular complexity index is 2270. The number of halogens is 1. The van der Waals surface area contributed by atoms with E-state index >= 15 is 4.39 Å². The number of nitriles is 1. The van der Waals surface area contributed by atoms with Gasteiger partial charge in [0.1, 0.15) is 23.7 Å². The summed E-state index contributed by atoms with van der Waals surface area (Å²) in [7, 11) is 0. The maximum Gasteiger partial charge on any atom is 0.255 e. The Hall–Kier alpha value is -5.58. The first-order chi connectivity index (χ1) is 28.8. The van der Waals surface area contributed by atoms with Gasteiger partial charge in [0.05, 0.1) is 22.9 Å². The zero-order valence-corrected chi connectivity index (χ0v) is 33.4. The highest BCUT2D eigenvalue weighted by Gasteiger charge is 2.39. The molecular formula is C46H51FN8O4. The Kier molecular flexibility index (Phi) is 11.2. The Labute approximate surface area is 344 Å². The molecule has 5 aliphatic rings. The van der Waals surface area contributed by atoms with Crippen molar-refractivity contribution in [3.8, 4) is 11.8 Å². The number of hydrogen-bond acceptors (Lipinski definition) is 10. The first-order valence-electron chi connectivity index (χ1n) is 21.3. The molecule has 5 heterocycles. The van der Waals surface area contributed by atoms with Gasteiger partial charge < -0.3 is 24.8 Å². The van der Waals surface area contributed by atoms with E-state index in [9.17, 15) is 19.6 Å². The third-order valence-electron chi connectivity index (χ3n) is 13.1. The van der Waals surface area contributed by atoms with E-state index in [1.54, 1.807) is 23.2 Å². The minimum atomic E-state index is -0.605. The molecule has 3 amide bonds. The first-order valence-corrected chi connectivity index (χ1v) is 21.3. The zero-order valence-electron chi connectivity index (χ0n) is 33.4. The summed E-state index contributed by atoms with van der Waals surface area (Å²) in [5.74, 6) is 0.389. The third kappa shape index (κ3) is 8.34. The lowest BCUT2D eigenvalue weighted by Gasteiger charge is -2.40. The van der Waals surface area contributed by atoms with Gasteiger partial charge in [0.2, 0.25) is 11.8 Å². The molecule has 1 atom stereocenters. The molecule has 4 aliphatic heterocycles. The van der Waals surface area contributed by atoms with Crippen molar-refractivity contribution in [1.82, 2.24) is 25.4 Å². The van der Waals surface area contributed by atoms with Crippen LogP contribution >= 0.6 is 0 Å². The number of piperazine rings is 1. The van der Waals surface area contributed by atoms with Crippen LogP contribution in [0.5, 0.6) is 5.75 Å². The number of ether oxygens (including phenoxy) is 1. The molecule has 13 heteroatoms. The number of hydrogen-bond donors (Lipinski definition) is 2. The lowest BCUT2D eigenvalue weighted by molar-refractivity contribution is -0.136. The predicted molar refractivity (Wildman–Crippen MR) is 222 cm³/mol. The molecule has 306 valence electrons. The van der Waals surface area contributed by atoms with Gasteiger partial charge in [-0.1, -0.05) is 6.07 Å². The number of rotatable bonds is 10. The summed E-state index contributed by atoms with van der Waals surface area (Å²) < 4.78 is 21.9. The number of nitrogens with one attached hydrogen (secondary N) is 2. The second kappa shape index (κ2) is 17.0. The van der Waals surface area contributed by atoms with Gasteiger partial charge in [0.25, 0.3) is 5.91 Å². The standard InChI is InChI=1S/C46H51FN8O4/c47-39-24-31(27-50-34-5-8-36(9-6-34)59-42-13-4-32(26-48)44-38(42)2-1-17-49-44)3-11-40(39)54-18-15-30(16-19-54)28-52-20-22-53(23-21-52)35-7-10-37-33(25-35)29-55(46(37)58)41-12-14-43(56)51-45(41)57/h1-4,7,10-11,13,17,24-25,30,34,36,41,50H,5-6,8-9,12,14-16,18-23,27-29H2,(H,51,56,57)/t34?,36?,41-/m0/s1. The number of anilines is 2. The number of amides is 3. The number of imide groups is 1. The van der Waals surface area contributed by atoms with Crippen molar-refractivity contribution in [1.29, 1.82) is 5.26 Å². The highest BCUT2D eigenvalue weighted by atomic mass is 19.1. The Balaban J connectivity index is 0.694. The van der Waals surface area contributed by atoms with E-state index in [1.807, 2.05) is 36.4 Å². The van der Waals surface area contributed by atoms with Gasteiger partial charge in [-0.3, -0.25) is 29.6 Å². The minimum absolute atomic E-state index is 0.107. The molecule has 2 N–H and O–H groups in total. The van der Waals surface area contributed by atoms with Gasteiger partial charge in [-0.05, 0) is 117 Å². The quantitative estimate of drug-likeness (QED) is 0.198. The van der Waals surface area contributed by atoms with E-state index in [-0.39, 0.29) is 36.1 Å². The van der Waals surface area contributed by atoms with E-state index < -0.39 is 6.04 Å². The van der Waals surface area contributed by atoms with Crippen LogP contribution in [0.3, 0.4) is 0 Å². The van der Waals surface area contributed by atoms with Crippen molar-refractivity contribution in [3.05, 3.63) is 94.9 Å². The molecule has 9 rings (SSSR count). The monoisotopic (exact) mass is 798 g/mol. The largest absolute Gasteiger partial charge is 0.490 e. The van der Waals surface area contributed by atoms with Crippen molar-refractivity contribution in [2.75, 3.05) is 55.6 Å². The molecule has 0 radical (unpaired) electrons.